The molecule has 2 atom stereocenters. The third-order valence-electron chi connectivity index (χ3n) is 3.84. The molecule has 0 radical (unpaired) electrons. The second-order valence-electron chi connectivity index (χ2n) is 5.94. The molecule has 0 aliphatic rings. The number of halogens is 1. The molecule has 0 aromatic heterocycles. The molecule has 2 unspecified atom stereocenters. The van der Waals surface area contributed by atoms with Gasteiger partial charge in [0.05, 0.1) is 10.9 Å². The van der Waals surface area contributed by atoms with E-state index in [1.165, 1.54) is 20.2 Å². The van der Waals surface area contributed by atoms with E-state index in [2.05, 4.69) is 90.2 Å². The molecule has 0 aliphatic heterocycles. The zero-order valence-corrected chi connectivity index (χ0v) is 17.7. The van der Waals surface area contributed by atoms with E-state index in [0.717, 1.165) is 0 Å². The van der Waals surface area contributed by atoms with E-state index in [0.29, 0.717) is 5.75 Å². The highest BCUT2D eigenvalue weighted by atomic mass is 127. The first kappa shape index (κ1) is 19.0. The highest BCUT2D eigenvalue weighted by Crippen LogP contribution is 2.32. The molecule has 3 aromatic carbocycles. The van der Waals surface area contributed by atoms with Crippen LogP contribution in [0.15, 0.2) is 93.5 Å². The minimum Gasteiger partial charge on any atom is -0.426 e. The zero-order chi connectivity index (χ0) is 18.5. The number of aryl methyl sites for hydroxylation is 1. The highest BCUT2D eigenvalue weighted by molar-refractivity contribution is 14.1. The van der Waals surface area contributed by atoms with Crippen molar-refractivity contribution in [1.82, 2.24) is 0 Å². The summed E-state index contributed by atoms with van der Waals surface area (Å²) in [5.74, 6) is 0.363. The normalized spacial score (nSPS) is 13.0. The van der Waals surface area contributed by atoms with Gasteiger partial charge in [-0.15, -0.1) is 0 Å². The van der Waals surface area contributed by atoms with Gasteiger partial charge in [-0.05, 0) is 62.4 Å². The summed E-state index contributed by atoms with van der Waals surface area (Å²) < 4.78 is 5.23. The largest absolute Gasteiger partial charge is 0.426 e. The lowest BCUT2D eigenvalue weighted by atomic mass is 10.2. The van der Waals surface area contributed by atoms with Crippen LogP contribution in [0.2, 0.25) is 0 Å². The van der Waals surface area contributed by atoms with Crippen LogP contribution < -0.4 is 4.74 Å². The molecule has 0 N–H and O–H groups in total. The van der Waals surface area contributed by atoms with Crippen molar-refractivity contribution in [2.45, 2.75) is 32.5 Å². The van der Waals surface area contributed by atoms with Crippen LogP contribution in [-0.4, -0.2) is 9.89 Å². The SMILES string of the molecule is Cc1ccc([S+](c2ccccc2)c2ccc(OC(=O)C(C)I)cc2)cc1. The molecule has 3 rings (SSSR count). The number of benzene rings is 3. The fourth-order valence-corrected chi connectivity index (χ4v) is 4.67. The van der Waals surface area contributed by atoms with E-state index in [1.807, 2.05) is 25.1 Å². The van der Waals surface area contributed by atoms with Crippen LogP contribution in [-0.2, 0) is 15.7 Å². The van der Waals surface area contributed by atoms with Gasteiger partial charge in [0.25, 0.3) is 0 Å². The number of alkyl halides is 1. The molecule has 0 fully saturated rings. The van der Waals surface area contributed by atoms with Gasteiger partial charge < -0.3 is 4.74 Å². The van der Waals surface area contributed by atoms with E-state index >= 15 is 0 Å². The van der Waals surface area contributed by atoms with Gasteiger partial charge in [0, 0.05) is 0 Å². The van der Waals surface area contributed by atoms with E-state index < -0.39 is 0 Å². The molecule has 0 amide bonds. The van der Waals surface area contributed by atoms with E-state index in [-0.39, 0.29) is 20.8 Å². The maximum Gasteiger partial charge on any atom is 0.323 e. The van der Waals surface area contributed by atoms with Gasteiger partial charge >= 0.3 is 5.97 Å². The fraction of sp³-hybridized carbons (Fsp3) is 0.136. The molecule has 2 nitrogen and oxygen atoms in total. The summed E-state index contributed by atoms with van der Waals surface area (Å²) in [5, 5.41) is 0. The molecule has 0 bridgehead atoms. The smallest absolute Gasteiger partial charge is 0.323 e. The molecule has 0 heterocycles. The number of carbonyl (C=O) groups is 1. The summed E-state index contributed by atoms with van der Waals surface area (Å²) in [7, 11) is -0.195. The molecular formula is C22H20IO2S+. The Balaban J connectivity index is 1.95. The van der Waals surface area contributed by atoms with Gasteiger partial charge in [-0.1, -0.05) is 58.5 Å². The summed E-state index contributed by atoms with van der Waals surface area (Å²) in [4.78, 5) is 15.5. The van der Waals surface area contributed by atoms with Crippen molar-refractivity contribution in [1.29, 1.82) is 0 Å². The van der Waals surface area contributed by atoms with Crippen LogP contribution in [0.25, 0.3) is 0 Å². The first-order chi connectivity index (χ1) is 12.5. The maximum absolute atomic E-state index is 11.8. The Bertz CT molecular complexity index is 859. The van der Waals surface area contributed by atoms with Gasteiger partial charge in [-0.2, -0.15) is 0 Å². The van der Waals surface area contributed by atoms with Crippen LogP contribution in [0.4, 0.5) is 0 Å². The zero-order valence-electron chi connectivity index (χ0n) is 14.7. The number of carbonyl (C=O) groups excluding carboxylic acids is 1. The topological polar surface area (TPSA) is 26.3 Å². The molecule has 4 heteroatoms. The average molecular weight is 475 g/mol. The van der Waals surface area contributed by atoms with Gasteiger partial charge in [0.1, 0.15) is 9.67 Å². The quantitative estimate of drug-likeness (QED) is 0.153. The summed E-state index contributed by atoms with van der Waals surface area (Å²) in [6.07, 6.45) is 0. The van der Waals surface area contributed by atoms with Crippen molar-refractivity contribution >= 4 is 39.5 Å². The van der Waals surface area contributed by atoms with Gasteiger partial charge in [-0.3, -0.25) is 4.79 Å². The predicted octanol–water partition coefficient (Wildman–Crippen LogP) is 5.82. The van der Waals surface area contributed by atoms with Crippen molar-refractivity contribution in [2.24, 2.45) is 0 Å². The lowest BCUT2D eigenvalue weighted by Gasteiger charge is -2.09. The summed E-state index contributed by atoms with van der Waals surface area (Å²) in [6, 6.07) is 27.0. The summed E-state index contributed by atoms with van der Waals surface area (Å²) >= 11 is 2.06. The lowest BCUT2D eigenvalue weighted by molar-refractivity contribution is -0.133. The summed E-state index contributed by atoms with van der Waals surface area (Å²) in [5.41, 5.74) is 1.25. The number of hydrogen-bond acceptors (Lipinski definition) is 2. The number of rotatable bonds is 5. The molecule has 132 valence electrons. The molecule has 3 aromatic rings. The van der Waals surface area contributed by atoms with E-state index in [9.17, 15) is 4.79 Å². The Kier molecular flexibility index (Phi) is 6.38. The molecule has 0 saturated heterocycles. The Morgan fingerprint density at radius 1 is 0.846 bits per heavy atom. The van der Waals surface area contributed by atoms with Crippen LogP contribution in [0.5, 0.6) is 5.75 Å². The Labute approximate surface area is 171 Å². The van der Waals surface area contributed by atoms with E-state index in [4.69, 9.17) is 4.74 Å². The lowest BCUT2D eigenvalue weighted by Crippen LogP contribution is -2.16. The Hall–Kier alpha value is -1.79. The molecule has 0 spiro atoms. The van der Waals surface area contributed by atoms with Crippen LogP contribution >= 0.6 is 22.6 Å². The highest BCUT2D eigenvalue weighted by Gasteiger charge is 2.28. The molecule has 26 heavy (non-hydrogen) atoms. The van der Waals surface area contributed by atoms with Crippen LogP contribution in [0.3, 0.4) is 0 Å². The Morgan fingerprint density at radius 3 is 1.88 bits per heavy atom. The standard InChI is InChI=1S/C22H20IO2S/c1-16-8-12-20(13-9-16)26(19-6-4-3-5-7-19)21-14-10-18(11-15-21)25-22(24)17(2)23/h3-15,17H,1-2H3/q+1. The third-order valence-corrected chi connectivity index (χ3v) is 6.58. The first-order valence-corrected chi connectivity index (χ1v) is 10.8. The van der Waals surface area contributed by atoms with Crippen molar-refractivity contribution in [3.63, 3.8) is 0 Å². The molecule has 0 saturated carbocycles. The van der Waals surface area contributed by atoms with Crippen molar-refractivity contribution < 1.29 is 9.53 Å². The average Bonchev–Trinajstić information content (AvgIpc) is 2.66. The van der Waals surface area contributed by atoms with Gasteiger partial charge in [0.15, 0.2) is 14.7 Å². The fourth-order valence-electron chi connectivity index (χ4n) is 2.48. The minimum atomic E-state index is -0.223. The second-order valence-corrected chi connectivity index (χ2v) is 9.84. The van der Waals surface area contributed by atoms with Crippen molar-refractivity contribution in [2.75, 3.05) is 0 Å². The van der Waals surface area contributed by atoms with E-state index in [1.54, 1.807) is 0 Å². The Morgan fingerprint density at radius 2 is 1.35 bits per heavy atom. The third kappa shape index (κ3) is 4.68. The van der Waals surface area contributed by atoms with Gasteiger partial charge in [-0.25, -0.2) is 0 Å². The molecular weight excluding hydrogens is 455 g/mol. The maximum atomic E-state index is 11.8. The predicted molar refractivity (Wildman–Crippen MR) is 115 cm³/mol. The monoisotopic (exact) mass is 475 g/mol. The van der Waals surface area contributed by atoms with Crippen LogP contribution in [0.1, 0.15) is 12.5 Å². The number of esters is 1. The number of hydrogen-bond donors (Lipinski definition) is 0. The van der Waals surface area contributed by atoms with Crippen LogP contribution in [0, 0.1) is 6.92 Å². The minimum absolute atomic E-state index is 0.168. The summed E-state index contributed by atoms with van der Waals surface area (Å²) in [6.45, 7) is 3.92. The first-order valence-electron chi connectivity index (χ1n) is 8.36. The van der Waals surface area contributed by atoms with Crippen molar-refractivity contribution in [3.8, 4) is 5.75 Å². The number of ether oxygens (including phenoxy) is 1. The van der Waals surface area contributed by atoms with Crippen molar-refractivity contribution in [3.05, 3.63) is 84.4 Å². The van der Waals surface area contributed by atoms with Gasteiger partial charge in [0.2, 0.25) is 0 Å². The molecule has 0 aliphatic carbocycles. The second kappa shape index (κ2) is 8.73.